The molecule has 2 atom stereocenters. The number of nitrogens with zero attached hydrogens (tertiary/aromatic N) is 1. The van der Waals surface area contributed by atoms with Gasteiger partial charge in [-0.1, -0.05) is 44.0 Å². The number of hydrogen-bond donors (Lipinski definition) is 0. The van der Waals surface area contributed by atoms with Gasteiger partial charge in [0.2, 0.25) is 5.91 Å². The Bertz CT molecular complexity index is 391. The first-order valence-electron chi connectivity index (χ1n) is 5.27. The molecule has 1 heterocycles. The molecule has 0 radical (unpaired) electrons. The predicted octanol–water partition coefficient (Wildman–Crippen LogP) is 3.51. The number of alkyl halides is 1. The van der Waals surface area contributed by atoms with Crippen LogP contribution in [0.25, 0.3) is 0 Å². The number of carbonyl (C=O) groups is 1. The lowest BCUT2D eigenvalue weighted by Crippen LogP contribution is -2.28. The molecule has 0 saturated carbocycles. The molecule has 1 aromatic carbocycles. The number of rotatable bonds is 2. The van der Waals surface area contributed by atoms with E-state index in [-0.39, 0.29) is 11.9 Å². The van der Waals surface area contributed by atoms with E-state index in [1.165, 1.54) is 5.56 Å². The second-order valence-corrected chi connectivity index (χ2v) is 6.29. The Balaban J connectivity index is 2.16. The van der Waals surface area contributed by atoms with E-state index >= 15 is 0 Å². The highest BCUT2D eigenvalue weighted by Gasteiger charge is 2.31. The molecule has 1 aliphatic heterocycles. The first-order valence-corrected chi connectivity index (χ1v) is 6.98. The molecule has 1 fully saturated rings. The van der Waals surface area contributed by atoms with Crippen molar-refractivity contribution in [2.75, 3.05) is 6.54 Å². The maximum atomic E-state index is 11.8. The minimum atomic E-state index is 0.156. The van der Waals surface area contributed by atoms with E-state index in [1.807, 2.05) is 17.0 Å². The van der Waals surface area contributed by atoms with Crippen LogP contribution in [0.4, 0.5) is 0 Å². The highest BCUT2D eigenvalue weighted by molar-refractivity contribution is 9.10. The maximum Gasteiger partial charge on any atom is 0.224 e. The van der Waals surface area contributed by atoms with Crippen LogP contribution < -0.4 is 0 Å². The summed E-state index contributed by atoms with van der Waals surface area (Å²) in [5.41, 5.74) is 1.18. The van der Waals surface area contributed by atoms with E-state index < -0.39 is 0 Å². The van der Waals surface area contributed by atoms with Crippen molar-refractivity contribution in [3.8, 4) is 0 Å². The Morgan fingerprint density at radius 2 is 2.00 bits per heavy atom. The van der Waals surface area contributed by atoms with E-state index in [1.54, 1.807) is 0 Å². The van der Waals surface area contributed by atoms with E-state index in [2.05, 4.69) is 50.9 Å². The third kappa shape index (κ3) is 2.48. The zero-order chi connectivity index (χ0) is 11.7. The van der Waals surface area contributed by atoms with Crippen molar-refractivity contribution in [2.45, 2.75) is 24.2 Å². The van der Waals surface area contributed by atoms with Crippen molar-refractivity contribution in [2.24, 2.45) is 0 Å². The van der Waals surface area contributed by atoms with E-state index in [0.29, 0.717) is 11.2 Å². The summed E-state index contributed by atoms with van der Waals surface area (Å²) in [4.78, 5) is 14.0. The van der Waals surface area contributed by atoms with Gasteiger partial charge in [-0.05, 0) is 24.6 Å². The SMILES string of the molecule is CC(c1ccc(Br)cc1)N1CC(Br)CC1=O. The molecular formula is C12H13Br2NO. The van der Waals surface area contributed by atoms with Crippen LogP contribution in [-0.2, 0) is 4.79 Å². The summed E-state index contributed by atoms with van der Waals surface area (Å²) in [5.74, 6) is 0.234. The highest BCUT2D eigenvalue weighted by atomic mass is 79.9. The molecule has 4 heteroatoms. The first kappa shape index (κ1) is 12.1. The summed E-state index contributed by atoms with van der Waals surface area (Å²) in [5, 5.41) is 0. The minimum absolute atomic E-state index is 0.156. The number of amides is 1. The molecular weight excluding hydrogens is 334 g/mol. The monoisotopic (exact) mass is 345 g/mol. The van der Waals surface area contributed by atoms with E-state index in [0.717, 1.165) is 11.0 Å². The van der Waals surface area contributed by atoms with E-state index in [4.69, 9.17) is 0 Å². The van der Waals surface area contributed by atoms with Gasteiger partial charge in [-0.15, -0.1) is 0 Å². The maximum absolute atomic E-state index is 11.8. The molecule has 0 spiro atoms. The molecule has 0 bridgehead atoms. The van der Waals surface area contributed by atoms with Crippen molar-refractivity contribution in [3.63, 3.8) is 0 Å². The highest BCUT2D eigenvalue weighted by Crippen LogP contribution is 2.28. The van der Waals surface area contributed by atoms with Crippen molar-refractivity contribution in [3.05, 3.63) is 34.3 Å². The third-order valence-electron chi connectivity index (χ3n) is 2.93. The van der Waals surface area contributed by atoms with Gasteiger partial charge in [0.1, 0.15) is 0 Å². The fraction of sp³-hybridized carbons (Fsp3) is 0.417. The number of halogens is 2. The molecule has 2 nitrogen and oxygen atoms in total. The normalized spacial score (nSPS) is 22.6. The summed E-state index contributed by atoms with van der Waals surface area (Å²) < 4.78 is 1.06. The predicted molar refractivity (Wildman–Crippen MR) is 71.6 cm³/mol. The molecule has 2 unspecified atom stereocenters. The van der Waals surface area contributed by atoms with Crippen LogP contribution in [0, 0.1) is 0 Å². The topological polar surface area (TPSA) is 20.3 Å². The average molecular weight is 347 g/mol. The lowest BCUT2D eigenvalue weighted by molar-refractivity contribution is -0.129. The van der Waals surface area contributed by atoms with Crippen LogP contribution in [0.2, 0.25) is 0 Å². The van der Waals surface area contributed by atoms with Crippen molar-refractivity contribution in [1.82, 2.24) is 4.90 Å². The Morgan fingerprint density at radius 1 is 1.38 bits per heavy atom. The number of benzene rings is 1. The largest absolute Gasteiger partial charge is 0.335 e. The van der Waals surface area contributed by atoms with Crippen molar-refractivity contribution < 1.29 is 4.79 Å². The fourth-order valence-corrected chi connectivity index (χ4v) is 2.84. The molecule has 1 amide bonds. The summed E-state index contributed by atoms with van der Waals surface area (Å²) in [6, 6.07) is 8.30. The summed E-state index contributed by atoms with van der Waals surface area (Å²) in [7, 11) is 0. The van der Waals surface area contributed by atoms with Crippen LogP contribution in [0.1, 0.15) is 24.9 Å². The van der Waals surface area contributed by atoms with Gasteiger partial charge < -0.3 is 4.90 Å². The molecule has 1 aromatic rings. The number of likely N-dealkylation sites (tertiary alicyclic amines) is 1. The zero-order valence-electron chi connectivity index (χ0n) is 8.99. The second kappa shape index (κ2) is 4.88. The molecule has 1 aliphatic rings. The van der Waals surface area contributed by atoms with Crippen LogP contribution in [-0.4, -0.2) is 22.2 Å². The van der Waals surface area contributed by atoms with Crippen LogP contribution in [0.15, 0.2) is 28.7 Å². The molecule has 1 saturated heterocycles. The van der Waals surface area contributed by atoms with Gasteiger partial charge in [0, 0.05) is 22.3 Å². The van der Waals surface area contributed by atoms with Crippen LogP contribution in [0.5, 0.6) is 0 Å². The van der Waals surface area contributed by atoms with E-state index in [9.17, 15) is 4.79 Å². The van der Waals surface area contributed by atoms with Crippen LogP contribution in [0.3, 0.4) is 0 Å². The molecule has 0 aliphatic carbocycles. The van der Waals surface area contributed by atoms with Crippen molar-refractivity contribution in [1.29, 1.82) is 0 Å². The molecule has 0 aromatic heterocycles. The molecule has 2 rings (SSSR count). The standard InChI is InChI=1S/C12H13Br2NO/c1-8(9-2-4-10(13)5-3-9)15-7-11(14)6-12(15)16/h2-5,8,11H,6-7H2,1H3. The zero-order valence-corrected chi connectivity index (χ0v) is 12.2. The quantitative estimate of drug-likeness (QED) is 0.750. The van der Waals surface area contributed by atoms with Crippen LogP contribution >= 0.6 is 31.9 Å². The lowest BCUT2D eigenvalue weighted by atomic mass is 10.1. The van der Waals surface area contributed by atoms with Gasteiger partial charge >= 0.3 is 0 Å². The van der Waals surface area contributed by atoms with Gasteiger partial charge in [-0.3, -0.25) is 4.79 Å². The molecule has 86 valence electrons. The lowest BCUT2D eigenvalue weighted by Gasteiger charge is -2.24. The minimum Gasteiger partial charge on any atom is -0.335 e. The van der Waals surface area contributed by atoms with Gasteiger partial charge in [0.15, 0.2) is 0 Å². The van der Waals surface area contributed by atoms with Crippen molar-refractivity contribution >= 4 is 37.8 Å². The summed E-state index contributed by atoms with van der Waals surface area (Å²) >= 11 is 6.91. The van der Waals surface area contributed by atoms with Gasteiger partial charge in [-0.25, -0.2) is 0 Å². The Hall–Kier alpha value is -0.350. The second-order valence-electron chi connectivity index (χ2n) is 4.08. The Labute approximate surface area is 112 Å². The average Bonchev–Trinajstić information content (AvgIpc) is 2.58. The first-order chi connectivity index (χ1) is 7.58. The fourth-order valence-electron chi connectivity index (χ4n) is 1.98. The van der Waals surface area contributed by atoms with Gasteiger partial charge in [0.25, 0.3) is 0 Å². The molecule has 16 heavy (non-hydrogen) atoms. The number of hydrogen-bond acceptors (Lipinski definition) is 1. The smallest absolute Gasteiger partial charge is 0.224 e. The summed E-state index contributed by atoms with van der Waals surface area (Å²) in [6.07, 6.45) is 0.612. The van der Waals surface area contributed by atoms with Gasteiger partial charge in [0.05, 0.1) is 6.04 Å². The van der Waals surface area contributed by atoms with Gasteiger partial charge in [-0.2, -0.15) is 0 Å². The molecule has 0 N–H and O–H groups in total. The Morgan fingerprint density at radius 3 is 2.50 bits per heavy atom. The Kier molecular flexibility index (Phi) is 3.70. The third-order valence-corrected chi connectivity index (χ3v) is 4.07. The summed E-state index contributed by atoms with van der Waals surface area (Å²) in [6.45, 7) is 2.88. The number of carbonyl (C=O) groups excluding carboxylic acids is 1.